The number of hydrogen-bond donors (Lipinski definition) is 2. The third-order valence-electron chi connectivity index (χ3n) is 3.79. The van der Waals surface area contributed by atoms with Gasteiger partial charge in [-0.25, -0.2) is 9.48 Å². The lowest BCUT2D eigenvalue weighted by atomic mass is 10.2. The summed E-state index contributed by atoms with van der Waals surface area (Å²) in [6.07, 6.45) is 0.801. The molecule has 7 heteroatoms. The van der Waals surface area contributed by atoms with Gasteiger partial charge in [0.25, 0.3) is 11.5 Å². The van der Waals surface area contributed by atoms with E-state index in [1.165, 1.54) is 16.8 Å². The molecule has 1 heterocycles. The number of aliphatic carboxylic acids is 1. The molecular formula is C16H15N3O4. The molecule has 0 radical (unpaired) electrons. The molecule has 2 N–H and O–H groups in total. The summed E-state index contributed by atoms with van der Waals surface area (Å²) in [4.78, 5) is 35.2. The quantitative estimate of drug-likeness (QED) is 0.843. The Morgan fingerprint density at radius 3 is 2.48 bits per heavy atom. The van der Waals surface area contributed by atoms with Crippen molar-refractivity contribution in [2.45, 2.75) is 24.9 Å². The summed E-state index contributed by atoms with van der Waals surface area (Å²) in [7, 11) is 0. The first-order chi connectivity index (χ1) is 11.0. The Morgan fingerprint density at radius 2 is 1.87 bits per heavy atom. The Balaban J connectivity index is 1.81. The summed E-state index contributed by atoms with van der Waals surface area (Å²) in [5, 5.41) is 15.6. The molecule has 1 fully saturated rings. The van der Waals surface area contributed by atoms with Gasteiger partial charge in [0.15, 0.2) is 0 Å². The molecule has 7 nitrogen and oxygen atoms in total. The molecule has 0 unspecified atom stereocenters. The fourth-order valence-corrected chi connectivity index (χ4v) is 2.24. The van der Waals surface area contributed by atoms with Crippen LogP contribution < -0.4 is 10.9 Å². The van der Waals surface area contributed by atoms with Crippen LogP contribution in [0.2, 0.25) is 0 Å². The van der Waals surface area contributed by atoms with Crippen molar-refractivity contribution in [3.63, 3.8) is 0 Å². The second-order valence-electron chi connectivity index (χ2n) is 5.54. The largest absolute Gasteiger partial charge is 0.480 e. The standard InChI is InChI=1S/C16H15N3O4/c20-13-7-6-12(14(21)17-16(8-9-16)15(22)23)18-19(13)10-11-4-2-1-3-5-11/h1-7H,8-10H2,(H,17,21)(H,22,23). The van der Waals surface area contributed by atoms with Crippen LogP contribution in [0.5, 0.6) is 0 Å². The fourth-order valence-electron chi connectivity index (χ4n) is 2.24. The van der Waals surface area contributed by atoms with E-state index in [4.69, 9.17) is 5.11 Å². The topological polar surface area (TPSA) is 101 Å². The third-order valence-corrected chi connectivity index (χ3v) is 3.79. The minimum atomic E-state index is -1.18. The van der Waals surface area contributed by atoms with Crippen molar-refractivity contribution < 1.29 is 14.7 Å². The van der Waals surface area contributed by atoms with E-state index < -0.39 is 17.4 Å². The molecule has 1 saturated carbocycles. The van der Waals surface area contributed by atoms with E-state index in [1.54, 1.807) is 0 Å². The summed E-state index contributed by atoms with van der Waals surface area (Å²) in [5.74, 6) is -1.64. The number of nitrogens with zero attached hydrogens (tertiary/aromatic N) is 2. The van der Waals surface area contributed by atoms with Gasteiger partial charge in [-0.1, -0.05) is 30.3 Å². The predicted octanol–water partition coefficient (Wildman–Crippen LogP) is 0.639. The second kappa shape index (κ2) is 5.68. The summed E-state index contributed by atoms with van der Waals surface area (Å²) in [6, 6.07) is 11.8. The smallest absolute Gasteiger partial charge is 0.329 e. The number of carbonyl (C=O) groups excluding carboxylic acids is 1. The van der Waals surface area contributed by atoms with Crippen molar-refractivity contribution in [1.82, 2.24) is 15.1 Å². The molecule has 23 heavy (non-hydrogen) atoms. The zero-order valence-electron chi connectivity index (χ0n) is 12.2. The third kappa shape index (κ3) is 3.13. The number of rotatable bonds is 5. The highest BCUT2D eigenvalue weighted by Crippen LogP contribution is 2.35. The van der Waals surface area contributed by atoms with Crippen LogP contribution in [0.15, 0.2) is 47.3 Å². The molecule has 0 spiro atoms. The van der Waals surface area contributed by atoms with Gasteiger partial charge in [0.05, 0.1) is 6.54 Å². The molecule has 0 atom stereocenters. The number of carboxylic acids is 1. The molecule has 0 saturated heterocycles. The van der Waals surface area contributed by atoms with Crippen LogP contribution in [0.3, 0.4) is 0 Å². The highest BCUT2D eigenvalue weighted by molar-refractivity contribution is 5.97. The van der Waals surface area contributed by atoms with E-state index in [1.807, 2.05) is 30.3 Å². The summed E-state index contributed by atoms with van der Waals surface area (Å²) in [5.41, 5.74) is -0.610. The maximum absolute atomic E-state index is 12.2. The van der Waals surface area contributed by atoms with Gasteiger partial charge in [-0.05, 0) is 24.5 Å². The fraction of sp³-hybridized carbons (Fsp3) is 0.250. The van der Waals surface area contributed by atoms with Crippen molar-refractivity contribution in [2.24, 2.45) is 0 Å². The van der Waals surface area contributed by atoms with Gasteiger partial charge in [-0.15, -0.1) is 0 Å². The zero-order chi connectivity index (χ0) is 16.4. The normalized spacial score (nSPS) is 15.0. The monoisotopic (exact) mass is 313 g/mol. The summed E-state index contributed by atoms with van der Waals surface area (Å²) >= 11 is 0. The first-order valence-corrected chi connectivity index (χ1v) is 7.18. The Kier molecular flexibility index (Phi) is 3.69. The van der Waals surface area contributed by atoms with Crippen molar-refractivity contribution in [3.8, 4) is 0 Å². The van der Waals surface area contributed by atoms with Crippen molar-refractivity contribution in [3.05, 3.63) is 64.1 Å². The minimum absolute atomic E-state index is 0.0213. The molecular weight excluding hydrogens is 298 g/mol. The van der Waals surface area contributed by atoms with Crippen LogP contribution in [0.4, 0.5) is 0 Å². The molecule has 1 aromatic carbocycles. The van der Waals surface area contributed by atoms with Gasteiger partial charge in [0.1, 0.15) is 11.2 Å². The molecule has 118 valence electrons. The van der Waals surface area contributed by atoms with Gasteiger partial charge in [0.2, 0.25) is 0 Å². The van der Waals surface area contributed by atoms with E-state index in [9.17, 15) is 14.4 Å². The number of carboxylic acid groups (broad SMARTS) is 1. The van der Waals surface area contributed by atoms with Crippen LogP contribution in [0, 0.1) is 0 Å². The van der Waals surface area contributed by atoms with Crippen LogP contribution >= 0.6 is 0 Å². The Morgan fingerprint density at radius 1 is 1.17 bits per heavy atom. The molecule has 0 bridgehead atoms. The Bertz CT molecular complexity index is 810. The molecule has 1 aliphatic rings. The van der Waals surface area contributed by atoms with Crippen molar-refractivity contribution in [2.75, 3.05) is 0 Å². The molecule has 1 aliphatic carbocycles. The molecule has 1 aromatic heterocycles. The van der Waals surface area contributed by atoms with E-state index in [2.05, 4.69) is 10.4 Å². The summed E-state index contributed by atoms with van der Waals surface area (Å²) in [6.45, 7) is 0.241. The van der Waals surface area contributed by atoms with Gasteiger partial charge < -0.3 is 10.4 Å². The number of amides is 1. The average Bonchev–Trinajstić information content (AvgIpc) is 3.31. The summed E-state index contributed by atoms with van der Waals surface area (Å²) < 4.78 is 1.19. The number of aromatic nitrogens is 2. The highest BCUT2D eigenvalue weighted by atomic mass is 16.4. The van der Waals surface area contributed by atoms with Crippen LogP contribution in [-0.2, 0) is 11.3 Å². The number of carbonyl (C=O) groups is 2. The SMILES string of the molecule is O=C(NC1(C(=O)O)CC1)c1ccc(=O)n(Cc2ccccc2)n1. The first kappa shape index (κ1) is 15.0. The van der Waals surface area contributed by atoms with E-state index in [0.717, 1.165) is 5.56 Å². The van der Waals surface area contributed by atoms with E-state index in [0.29, 0.717) is 12.8 Å². The molecule has 1 amide bonds. The van der Waals surface area contributed by atoms with Crippen LogP contribution in [0.1, 0.15) is 28.9 Å². The zero-order valence-corrected chi connectivity index (χ0v) is 12.2. The van der Waals surface area contributed by atoms with Crippen LogP contribution in [-0.4, -0.2) is 32.3 Å². The predicted molar refractivity (Wildman–Crippen MR) is 81.1 cm³/mol. The average molecular weight is 313 g/mol. The van der Waals surface area contributed by atoms with Crippen LogP contribution in [0.25, 0.3) is 0 Å². The number of nitrogens with one attached hydrogen (secondary N) is 1. The maximum Gasteiger partial charge on any atom is 0.329 e. The minimum Gasteiger partial charge on any atom is -0.480 e. The highest BCUT2D eigenvalue weighted by Gasteiger charge is 2.51. The Hall–Kier alpha value is -2.96. The second-order valence-corrected chi connectivity index (χ2v) is 5.54. The first-order valence-electron chi connectivity index (χ1n) is 7.18. The lowest BCUT2D eigenvalue weighted by Crippen LogP contribution is -2.43. The van der Waals surface area contributed by atoms with E-state index in [-0.39, 0.29) is 17.8 Å². The van der Waals surface area contributed by atoms with Gasteiger partial charge >= 0.3 is 5.97 Å². The van der Waals surface area contributed by atoms with Crippen molar-refractivity contribution in [1.29, 1.82) is 0 Å². The Labute approximate surface area is 131 Å². The van der Waals surface area contributed by atoms with Gasteiger partial charge in [-0.2, -0.15) is 5.10 Å². The maximum atomic E-state index is 12.2. The molecule has 3 rings (SSSR count). The van der Waals surface area contributed by atoms with Gasteiger partial charge in [0, 0.05) is 6.07 Å². The lowest BCUT2D eigenvalue weighted by molar-refractivity contribution is -0.140. The van der Waals surface area contributed by atoms with E-state index >= 15 is 0 Å². The molecule has 0 aliphatic heterocycles. The molecule has 2 aromatic rings. The lowest BCUT2D eigenvalue weighted by Gasteiger charge is -2.12. The van der Waals surface area contributed by atoms with Gasteiger partial charge in [-0.3, -0.25) is 9.59 Å². The number of benzene rings is 1. The van der Waals surface area contributed by atoms with Crippen molar-refractivity contribution >= 4 is 11.9 Å². The number of hydrogen-bond acceptors (Lipinski definition) is 4.